The lowest BCUT2D eigenvalue weighted by molar-refractivity contribution is -0.384. The molecule has 2 heterocycles. The third-order valence-corrected chi connectivity index (χ3v) is 11.1. The maximum Gasteiger partial charge on any atom is 0.269 e. The zero-order valence-corrected chi connectivity index (χ0v) is 38.9. The molecular weight excluding hydrogens is 807 g/mol. The van der Waals surface area contributed by atoms with E-state index in [0.717, 1.165) is 47.7 Å². The number of allylic oxidation sites excluding steroid dienone is 6. The molecule has 0 bridgehead atoms. The fourth-order valence-corrected chi connectivity index (χ4v) is 7.79. The van der Waals surface area contributed by atoms with E-state index < -0.39 is 5.41 Å². The van der Waals surface area contributed by atoms with Crippen molar-refractivity contribution in [2.75, 3.05) is 11.4 Å². The number of hydrogen-bond donors (Lipinski definition) is 0. The van der Waals surface area contributed by atoms with Gasteiger partial charge < -0.3 is 4.90 Å². The monoisotopic (exact) mass is 860 g/mol. The predicted molar refractivity (Wildman–Crippen MR) is 272 cm³/mol. The van der Waals surface area contributed by atoms with Crippen LogP contribution in [-0.4, -0.2) is 21.8 Å². The quantitative estimate of drug-likeness (QED) is 0.0398. The standard InChI is InChI=1S/C61H54N3O2/c1-7-9-11-13-15-17-19-21-22-23-24-25-26-27-28-30-32-33-35-42-50-62-56-45-41-40-44-54(56)60(3,4)58(62)46-38-37-39-47-59-61(5,6)55-52-53(64(65)66)48-49-57(55)63(59)51-43-36-34-31-29-20-18-16-14-12-10-8-2/h1,37-41,44-49,52H,8,10,12,14,16,18,20,29,31,34,36,43,51H2,2-6H3/q+1. The third-order valence-electron chi connectivity index (χ3n) is 11.1. The molecule has 0 amide bonds. The Kier molecular flexibility index (Phi) is 21.1. The second-order valence-electron chi connectivity index (χ2n) is 16.4. The third kappa shape index (κ3) is 15.5. The van der Waals surface area contributed by atoms with E-state index in [9.17, 15) is 10.1 Å². The van der Waals surface area contributed by atoms with Gasteiger partial charge in [0.05, 0.1) is 16.3 Å². The summed E-state index contributed by atoms with van der Waals surface area (Å²) in [6, 6.07) is 16.8. The molecule has 2 aromatic rings. The van der Waals surface area contributed by atoms with Crippen molar-refractivity contribution in [1.29, 1.82) is 0 Å². The zero-order chi connectivity index (χ0) is 47.3. The summed E-state index contributed by atoms with van der Waals surface area (Å²) >= 11 is 0. The molecule has 324 valence electrons. The highest BCUT2D eigenvalue weighted by Crippen LogP contribution is 2.49. The van der Waals surface area contributed by atoms with Crippen LogP contribution in [0.2, 0.25) is 0 Å². The Morgan fingerprint density at radius 1 is 0.606 bits per heavy atom. The van der Waals surface area contributed by atoms with Crippen LogP contribution in [0.4, 0.5) is 17.1 Å². The molecule has 5 heteroatoms. The molecule has 0 unspecified atom stereocenters. The highest BCUT2D eigenvalue weighted by atomic mass is 16.6. The van der Waals surface area contributed by atoms with Crippen molar-refractivity contribution in [3.63, 3.8) is 0 Å². The van der Waals surface area contributed by atoms with Crippen LogP contribution in [0, 0.1) is 141 Å². The highest BCUT2D eigenvalue weighted by molar-refractivity contribution is 6.03. The first kappa shape index (κ1) is 50.3. The number of non-ortho nitro benzene ring substituents is 1. The number of terminal acetylenes is 1. The van der Waals surface area contributed by atoms with E-state index in [0.29, 0.717) is 0 Å². The van der Waals surface area contributed by atoms with Gasteiger partial charge in [0.2, 0.25) is 17.4 Å². The Hall–Kier alpha value is -8.31. The van der Waals surface area contributed by atoms with Gasteiger partial charge >= 0.3 is 0 Å². The molecule has 0 spiro atoms. The number of fused-ring (bicyclic) bond motifs is 2. The van der Waals surface area contributed by atoms with Crippen LogP contribution in [0.3, 0.4) is 0 Å². The molecule has 0 N–H and O–H groups in total. The van der Waals surface area contributed by atoms with E-state index >= 15 is 0 Å². The highest BCUT2D eigenvalue weighted by Gasteiger charge is 2.44. The molecule has 4 rings (SSSR count). The van der Waals surface area contributed by atoms with Gasteiger partial charge in [-0.2, -0.15) is 0 Å². The van der Waals surface area contributed by atoms with Crippen molar-refractivity contribution in [3.8, 4) is 131 Å². The summed E-state index contributed by atoms with van der Waals surface area (Å²) < 4.78 is 1.99. The van der Waals surface area contributed by atoms with E-state index in [1.165, 1.54) is 69.8 Å². The SMILES string of the molecule is C#CC#CC#CC#CC#CC#CC#CC#CC#CC#CC#C[N+]1=C(/C=C/C=C/C=C2/N(CCCCCCCCCCCCCC)c3ccc([N+](=O)[O-])cc3C2(C)C)C(C)(C)c2ccccc21. The van der Waals surface area contributed by atoms with Gasteiger partial charge in [-0.05, 0) is 85.3 Å². The first-order valence-corrected chi connectivity index (χ1v) is 22.5. The van der Waals surface area contributed by atoms with Crippen molar-refractivity contribution >= 4 is 22.8 Å². The first-order chi connectivity index (χ1) is 32.1. The van der Waals surface area contributed by atoms with Crippen LogP contribution in [0.5, 0.6) is 0 Å². The summed E-state index contributed by atoms with van der Waals surface area (Å²) in [4.78, 5) is 13.8. The molecule has 66 heavy (non-hydrogen) atoms. The topological polar surface area (TPSA) is 49.4 Å². The smallest absolute Gasteiger partial charge is 0.269 e. The van der Waals surface area contributed by atoms with E-state index in [2.05, 4.69) is 194 Å². The number of benzene rings is 2. The van der Waals surface area contributed by atoms with Crippen molar-refractivity contribution in [2.45, 2.75) is 122 Å². The van der Waals surface area contributed by atoms with Crippen LogP contribution in [-0.2, 0) is 10.8 Å². The molecule has 0 aromatic heterocycles. The maximum atomic E-state index is 11.8. The molecule has 0 fully saturated rings. The van der Waals surface area contributed by atoms with Gasteiger partial charge in [-0.15, -0.1) is 11.0 Å². The summed E-state index contributed by atoms with van der Waals surface area (Å²) in [5, 5.41) is 11.8. The molecule has 0 aliphatic carbocycles. The molecule has 2 aromatic carbocycles. The Labute approximate surface area is 395 Å². The Morgan fingerprint density at radius 3 is 1.64 bits per heavy atom. The van der Waals surface area contributed by atoms with Crippen molar-refractivity contribution in [1.82, 2.24) is 0 Å². The number of unbranched alkanes of at least 4 members (excludes halogenated alkanes) is 11. The van der Waals surface area contributed by atoms with Crippen LogP contribution in [0.1, 0.15) is 123 Å². The second-order valence-corrected chi connectivity index (χ2v) is 16.4. The van der Waals surface area contributed by atoms with E-state index in [1.807, 2.05) is 34.9 Å². The van der Waals surface area contributed by atoms with E-state index in [4.69, 9.17) is 6.42 Å². The molecule has 0 radical (unpaired) electrons. The van der Waals surface area contributed by atoms with Gasteiger partial charge in [-0.3, -0.25) is 10.1 Å². The first-order valence-electron chi connectivity index (χ1n) is 22.5. The van der Waals surface area contributed by atoms with Crippen LogP contribution >= 0.6 is 0 Å². The minimum Gasteiger partial charge on any atom is -0.344 e. The van der Waals surface area contributed by atoms with Crippen molar-refractivity contribution in [2.24, 2.45) is 0 Å². The Bertz CT molecular complexity index is 2970. The lowest BCUT2D eigenvalue weighted by Gasteiger charge is -2.27. The Morgan fingerprint density at radius 2 is 1.11 bits per heavy atom. The molecule has 0 atom stereocenters. The van der Waals surface area contributed by atoms with Gasteiger partial charge in [-0.1, -0.05) is 128 Å². The van der Waals surface area contributed by atoms with Gasteiger partial charge in [0.25, 0.3) is 5.69 Å². The van der Waals surface area contributed by atoms with E-state index in [-0.39, 0.29) is 16.0 Å². The summed E-state index contributed by atoms with van der Waals surface area (Å²) in [5.74, 6) is 51.4. The van der Waals surface area contributed by atoms with Crippen LogP contribution < -0.4 is 4.90 Å². The second kappa shape index (κ2) is 27.7. The zero-order valence-electron chi connectivity index (χ0n) is 38.9. The van der Waals surface area contributed by atoms with Crippen LogP contribution in [0.25, 0.3) is 0 Å². The summed E-state index contributed by atoms with van der Waals surface area (Å²) in [7, 11) is 0. The molecule has 0 saturated carbocycles. The Balaban J connectivity index is 1.45. The number of rotatable bonds is 17. The fraction of sp³-hybridized carbons (Fsp3) is 0.328. The predicted octanol–water partition coefficient (Wildman–Crippen LogP) is 11.1. The molecule has 2 aliphatic rings. The number of nitrogens with zero attached hydrogens (tertiary/aromatic N) is 3. The number of anilines is 1. The fourth-order valence-electron chi connectivity index (χ4n) is 7.79. The molecular formula is C61H54N3O2+. The molecule has 2 aliphatic heterocycles. The number of para-hydroxylation sites is 1. The number of hydrogen-bond acceptors (Lipinski definition) is 3. The largest absolute Gasteiger partial charge is 0.344 e. The molecule has 0 saturated heterocycles. The lowest BCUT2D eigenvalue weighted by Crippen LogP contribution is -2.27. The van der Waals surface area contributed by atoms with Crippen molar-refractivity contribution < 1.29 is 9.50 Å². The van der Waals surface area contributed by atoms with Crippen molar-refractivity contribution in [3.05, 3.63) is 99.8 Å². The summed E-state index contributed by atoms with van der Waals surface area (Å²) in [6.45, 7) is 11.8. The number of nitro benzene ring substituents is 1. The number of nitro groups is 1. The minimum absolute atomic E-state index is 0.119. The minimum atomic E-state index is -0.409. The normalized spacial score (nSPS) is 13.3. The van der Waals surface area contributed by atoms with Gasteiger partial charge in [0.15, 0.2) is 0 Å². The molecule has 5 nitrogen and oxygen atoms in total. The summed E-state index contributed by atoms with van der Waals surface area (Å²) in [6.07, 6.45) is 30.9. The maximum absolute atomic E-state index is 11.8. The average Bonchev–Trinajstić information content (AvgIpc) is 3.65. The summed E-state index contributed by atoms with van der Waals surface area (Å²) in [5.41, 5.74) is 5.75. The van der Waals surface area contributed by atoms with Gasteiger partial charge in [-0.25, -0.2) is 0 Å². The lowest BCUT2D eigenvalue weighted by atomic mass is 9.81. The van der Waals surface area contributed by atoms with E-state index in [1.54, 1.807) is 12.1 Å². The van der Waals surface area contributed by atoms with Gasteiger partial charge in [0, 0.05) is 118 Å². The van der Waals surface area contributed by atoms with Crippen LogP contribution in [0.15, 0.2) is 78.5 Å². The van der Waals surface area contributed by atoms with Gasteiger partial charge in [0.1, 0.15) is 0 Å². The average molecular weight is 861 g/mol.